The predicted octanol–water partition coefficient (Wildman–Crippen LogP) is 5.40. The molecular weight excluding hydrogens is 429 g/mol. The van der Waals surface area contributed by atoms with Crippen LogP contribution in [0.4, 0.5) is 10.1 Å². The number of aliphatic imine (C=N–C) groups is 1. The van der Waals surface area contributed by atoms with Crippen molar-refractivity contribution >= 4 is 17.4 Å². The van der Waals surface area contributed by atoms with E-state index in [-0.39, 0.29) is 24.2 Å². The zero-order valence-electron chi connectivity index (χ0n) is 19.7. The van der Waals surface area contributed by atoms with E-state index in [9.17, 15) is 9.18 Å². The summed E-state index contributed by atoms with van der Waals surface area (Å²) in [6.45, 7) is 8.11. The molecule has 3 aromatic carbocycles. The molecule has 0 spiro atoms. The molecule has 0 aliphatic carbocycles. The van der Waals surface area contributed by atoms with E-state index in [0.29, 0.717) is 19.6 Å². The SMILES string of the molecule is Cc1ccc2c(c1)Oc1ccc(C)cc1C(N1CCN(C(=O)Cc3ccc(F)cc3)C(C)C1)=N2. The average Bonchev–Trinajstić information content (AvgIpc) is 2.96. The third-order valence-electron chi connectivity index (χ3n) is 6.45. The Balaban J connectivity index is 1.40. The number of piperazine rings is 1. The first-order chi connectivity index (χ1) is 16.4. The number of aryl methyl sites for hydroxylation is 2. The summed E-state index contributed by atoms with van der Waals surface area (Å²) >= 11 is 0. The quantitative estimate of drug-likeness (QED) is 0.518. The van der Waals surface area contributed by atoms with Gasteiger partial charge >= 0.3 is 0 Å². The van der Waals surface area contributed by atoms with Crippen molar-refractivity contribution in [3.8, 4) is 11.5 Å². The van der Waals surface area contributed by atoms with E-state index in [1.165, 1.54) is 12.1 Å². The predicted molar refractivity (Wildman–Crippen MR) is 131 cm³/mol. The molecule has 1 saturated heterocycles. The minimum absolute atomic E-state index is 0.0133. The minimum Gasteiger partial charge on any atom is -0.454 e. The molecule has 0 saturated carbocycles. The van der Waals surface area contributed by atoms with Crippen molar-refractivity contribution < 1.29 is 13.9 Å². The van der Waals surface area contributed by atoms with Crippen molar-refractivity contribution in [2.45, 2.75) is 33.2 Å². The molecule has 5 nitrogen and oxygen atoms in total. The first-order valence-electron chi connectivity index (χ1n) is 11.6. The van der Waals surface area contributed by atoms with Gasteiger partial charge in [0.1, 0.15) is 23.1 Å². The summed E-state index contributed by atoms with van der Waals surface area (Å²) in [5.74, 6) is 2.18. The lowest BCUT2D eigenvalue weighted by Gasteiger charge is -2.41. The molecule has 3 aromatic rings. The number of ether oxygens (including phenoxy) is 1. The van der Waals surface area contributed by atoms with Gasteiger partial charge in [-0.05, 0) is 68.3 Å². The van der Waals surface area contributed by atoms with Crippen molar-refractivity contribution in [1.29, 1.82) is 0 Å². The largest absolute Gasteiger partial charge is 0.454 e. The topological polar surface area (TPSA) is 45.1 Å². The number of amides is 1. The number of hydrogen-bond acceptors (Lipinski definition) is 4. The summed E-state index contributed by atoms with van der Waals surface area (Å²) in [6, 6.07) is 18.4. The minimum atomic E-state index is -0.293. The van der Waals surface area contributed by atoms with E-state index in [1.54, 1.807) is 12.1 Å². The van der Waals surface area contributed by atoms with Crippen LogP contribution < -0.4 is 4.74 Å². The number of amidine groups is 1. The van der Waals surface area contributed by atoms with Crippen LogP contribution in [0.3, 0.4) is 0 Å². The van der Waals surface area contributed by atoms with Crippen molar-refractivity contribution in [1.82, 2.24) is 9.80 Å². The van der Waals surface area contributed by atoms with Crippen LogP contribution in [-0.4, -0.2) is 47.2 Å². The standard InChI is InChI=1S/C28H28FN3O2/c1-18-5-11-25-23(14-18)28(30-24-10-4-19(2)15-26(24)34-25)31-12-13-32(20(3)17-31)27(33)16-21-6-8-22(29)9-7-21/h4-11,14-15,20H,12-13,16-17H2,1-3H3. The number of fused-ring (bicyclic) bond motifs is 2. The third kappa shape index (κ3) is 4.40. The van der Waals surface area contributed by atoms with Gasteiger partial charge in [0, 0.05) is 25.7 Å². The van der Waals surface area contributed by atoms with Gasteiger partial charge in [-0.1, -0.05) is 29.8 Å². The van der Waals surface area contributed by atoms with Crippen molar-refractivity contribution in [3.63, 3.8) is 0 Å². The highest BCUT2D eigenvalue weighted by atomic mass is 19.1. The summed E-state index contributed by atoms with van der Waals surface area (Å²) in [6.07, 6.45) is 0.272. The average molecular weight is 458 g/mol. The van der Waals surface area contributed by atoms with Gasteiger partial charge in [-0.2, -0.15) is 0 Å². The van der Waals surface area contributed by atoms with E-state index in [4.69, 9.17) is 9.73 Å². The Morgan fingerprint density at radius 3 is 2.50 bits per heavy atom. The number of carbonyl (C=O) groups is 1. The lowest BCUT2D eigenvalue weighted by Crippen LogP contribution is -2.55. The molecule has 0 radical (unpaired) electrons. The molecule has 174 valence electrons. The maximum atomic E-state index is 13.2. The van der Waals surface area contributed by atoms with Crippen LogP contribution in [-0.2, 0) is 11.2 Å². The van der Waals surface area contributed by atoms with E-state index < -0.39 is 0 Å². The van der Waals surface area contributed by atoms with Gasteiger partial charge in [0.25, 0.3) is 0 Å². The van der Waals surface area contributed by atoms with Crippen molar-refractivity contribution in [2.24, 2.45) is 4.99 Å². The monoisotopic (exact) mass is 457 g/mol. The van der Waals surface area contributed by atoms with Crippen LogP contribution in [0.1, 0.15) is 29.2 Å². The van der Waals surface area contributed by atoms with E-state index in [0.717, 1.165) is 45.3 Å². The second kappa shape index (κ2) is 8.93. The van der Waals surface area contributed by atoms with E-state index in [1.807, 2.05) is 42.2 Å². The van der Waals surface area contributed by atoms with E-state index in [2.05, 4.69) is 24.8 Å². The van der Waals surface area contributed by atoms with Gasteiger partial charge in [-0.25, -0.2) is 9.38 Å². The highest BCUT2D eigenvalue weighted by Gasteiger charge is 2.31. The normalized spacial score (nSPS) is 17.3. The van der Waals surface area contributed by atoms with Crippen LogP contribution >= 0.6 is 0 Å². The molecule has 1 amide bonds. The number of nitrogens with zero attached hydrogens (tertiary/aromatic N) is 3. The van der Waals surface area contributed by atoms with Gasteiger partial charge in [0.15, 0.2) is 5.75 Å². The number of rotatable bonds is 2. The molecule has 1 fully saturated rings. The highest BCUT2D eigenvalue weighted by molar-refractivity contribution is 6.04. The van der Waals surface area contributed by atoms with E-state index >= 15 is 0 Å². The second-order valence-electron chi connectivity index (χ2n) is 9.19. The second-order valence-corrected chi connectivity index (χ2v) is 9.19. The first-order valence-corrected chi connectivity index (χ1v) is 11.6. The molecule has 34 heavy (non-hydrogen) atoms. The fraction of sp³-hybridized carbons (Fsp3) is 0.286. The molecule has 5 rings (SSSR count). The van der Waals surface area contributed by atoms with Gasteiger partial charge in [-0.3, -0.25) is 4.79 Å². The number of carbonyl (C=O) groups excluding carboxylic acids is 1. The summed E-state index contributed by atoms with van der Waals surface area (Å²) in [7, 11) is 0. The maximum Gasteiger partial charge on any atom is 0.227 e. The van der Waals surface area contributed by atoms with Crippen molar-refractivity contribution in [3.05, 3.63) is 88.7 Å². The zero-order valence-corrected chi connectivity index (χ0v) is 19.7. The molecule has 2 aliphatic rings. The van der Waals surface area contributed by atoms with Gasteiger partial charge in [0.2, 0.25) is 5.91 Å². The third-order valence-corrected chi connectivity index (χ3v) is 6.45. The Bertz CT molecular complexity index is 1270. The Hall–Kier alpha value is -3.67. The summed E-state index contributed by atoms with van der Waals surface area (Å²) in [4.78, 5) is 22.2. The van der Waals surface area contributed by atoms with Crippen molar-refractivity contribution in [2.75, 3.05) is 19.6 Å². The van der Waals surface area contributed by atoms with Crippen LogP contribution in [0.25, 0.3) is 0 Å². The molecule has 2 aliphatic heterocycles. The fourth-order valence-corrected chi connectivity index (χ4v) is 4.64. The number of hydrogen-bond donors (Lipinski definition) is 0. The fourth-order valence-electron chi connectivity index (χ4n) is 4.64. The highest BCUT2D eigenvalue weighted by Crippen LogP contribution is 2.39. The van der Waals surface area contributed by atoms with Crippen LogP contribution in [0.15, 0.2) is 65.7 Å². The lowest BCUT2D eigenvalue weighted by atomic mass is 10.1. The molecule has 0 N–H and O–H groups in total. The summed E-state index contributed by atoms with van der Waals surface area (Å²) in [5, 5.41) is 0. The molecule has 1 unspecified atom stereocenters. The summed E-state index contributed by atoms with van der Waals surface area (Å²) < 4.78 is 19.5. The van der Waals surface area contributed by atoms with Gasteiger partial charge in [-0.15, -0.1) is 0 Å². The zero-order chi connectivity index (χ0) is 23.8. The maximum absolute atomic E-state index is 13.2. The lowest BCUT2D eigenvalue weighted by molar-refractivity contribution is -0.134. The molecular formula is C28H28FN3O2. The Morgan fingerprint density at radius 1 is 1.00 bits per heavy atom. The van der Waals surface area contributed by atoms with Gasteiger partial charge in [0.05, 0.1) is 12.0 Å². The van der Waals surface area contributed by atoms with Crippen LogP contribution in [0.2, 0.25) is 0 Å². The van der Waals surface area contributed by atoms with Gasteiger partial charge < -0.3 is 14.5 Å². The molecule has 1 atom stereocenters. The Labute approximate surface area is 199 Å². The molecule has 0 bridgehead atoms. The van der Waals surface area contributed by atoms with Crippen LogP contribution in [0, 0.1) is 19.7 Å². The number of halogens is 1. The Morgan fingerprint density at radius 2 is 1.74 bits per heavy atom. The molecule has 2 heterocycles. The summed E-state index contributed by atoms with van der Waals surface area (Å²) in [5.41, 5.74) is 4.85. The first kappa shape index (κ1) is 22.1. The Kier molecular flexibility index (Phi) is 5.82. The molecule has 0 aromatic heterocycles. The smallest absolute Gasteiger partial charge is 0.227 e. The van der Waals surface area contributed by atoms with Crippen LogP contribution in [0.5, 0.6) is 11.5 Å². The molecule has 6 heteroatoms. The number of benzene rings is 3.